The van der Waals surface area contributed by atoms with E-state index < -0.39 is 23.9 Å². The summed E-state index contributed by atoms with van der Waals surface area (Å²) >= 11 is 0. The first-order chi connectivity index (χ1) is 8.58. The summed E-state index contributed by atoms with van der Waals surface area (Å²) in [6.07, 6.45) is 0.601. The van der Waals surface area contributed by atoms with Gasteiger partial charge in [0, 0.05) is 5.56 Å². The first-order valence-corrected chi connectivity index (χ1v) is 5.90. The standard InChI is InChI=1S/C13H12FNO3/c1-6-5-7-3-2-4-8(7)9(10(6)14)11-12(16)15-13(17)18-11/h5,11H,2-4H2,1H3,(H,15,16,17). The molecule has 2 aliphatic rings. The largest absolute Gasteiger partial charge is 0.431 e. The van der Waals surface area contributed by atoms with Gasteiger partial charge in [0.2, 0.25) is 6.10 Å². The van der Waals surface area contributed by atoms with Crippen LogP contribution in [0.5, 0.6) is 0 Å². The molecule has 1 aliphatic heterocycles. The number of rotatable bonds is 1. The minimum atomic E-state index is -1.13. The monoisotopic (exact) mass is 249 g/mol. The van der Waals surface area contributed by atoms with Gasteiger partial charge in [-0.2, -0.15) is 0 Å². The molecule has 0 aromatic heterocycles. The lowest BCUT2D eigenvalue weighted by molar-refractivity contribution is -0.123. The van der Waals surface area contributed by atoms with Crippen LogP contribution in [-0.2, 0) is 22.4 Å². The van der Waals surface area contributed by atoms with Gasteiger partial charge in [-0.1, -0.05) is 6.07 Å². The van der Waals surface area contributed by atoms with Crippen molar-refractivity contribution in [1.82, 2.24) is 5.32 Å². The molecular formula is C13H12FNO3. The van der Waals surface area contributed by atoms with Gasteiger partial charge in [-0.3, -0.25) is 10.1 Å². The first kappa shape index (κ1) is 11.2. The van der Waals surface area contributed by atoms with Crippen LogP contribution in [0.15, 0.2) is 6.07 Å². The maximum absolute atomic E-state index is 14.2. The fraction of sp³-hybridized carbons (Fsp3) is 0.385. The van der Waals surface area contributed by atoms with Gasteiger partial charge in [0.1, 0.15) is 5.82 Å². The number of nitrogens with one attached hydrogen (secondary N) is 1. The summed E-state index contributed by atoms with van der Waals surface area (Å²) in [4.78, 5) is 22.7. The highest BCUT2D eigenvalue weighted by Gasteiger charge is 2.38. The Bertz CT molecular complexity index is 568. The lowest BCUT2D eigenvalue weighted by Gasteiger charge is -2.15. The molecule has 0 spiro atoms. The normalized spacial score (nSPS) is 21.8. The van der Waals surface area contributed by atoms with Crippen molar-refractivity contribution in [3.05, 3.63) is 34.1 Å². The fourth-order valence-corrected chi connectivity index (χ4v) is 2.72. The van der Waals surface area contributed by atoms with Gasteiger partial charge in [0.15, 0.2) is 0 Å². The summed E-state index contributed by atoms with van der Waals surface area (Å²) in [5.41, 5.74) is 2.61. The van der Waals surface area contributed by atoms with Crippen LogP contribution >= 0.6 is 0 Å². The Balaban J connectivity index is 2.17. The van der Waals surface area contributed by atoms with E-state index in [0.29, 0.717) is 5.56 Å². The number of benzene rings is 1. The Labute approximate surface area is 103 Å². The van der Waals surface area contributed by atoms with Crippen molar-refractivity contribution in [1.29, 1.82) is 0 Å². The molecule has 0 bridgehead atoms. The number of ether oxygens (including phenoxy) is 1. The van der Waals surface area contributed by atoms with E-state index in [0.717, 1.165) is 30.4 Å². The number of fused-ring (bicyclic) bond motifs is 1. The van der Waals surface area contributed by atoms with Crippen LogP contribution < -0.4 is 5.32 Å². The Kier molecular flexibility index (Phi) is 2.36. The van der Waals surface area contributed by atoms with Gasteiger partial charge < -0.3 is 4.74 Å². The third kappa shape index (κ3) is 1.50. The molecule has 1 heterocycles. The minimum absolute atomic E-state index is 0.242. The summed E-state index contributed by atoms with van der Waals surface area (Å²) in [6.45, 7) is 1.66. The highest BCUT2D eigenvalue weighted by Crippen LogP contribution is 2.36. The van der Waals surface area contributed by atoms with Crippen LogP contribution in [0.1, 0.15) is 34.8 Å². The summed E-state index contributed by atoms with van der Waals surface area (Å²) in [5, 5.41) is 2.04. The van der Waals surface area contributed by atoms with Gasteiger partial charge in [0.05, 0.1) is 0 Å². The molecule has 1 saturated heterocycles. The number of aryl methyl sites for hydroxylation is 2. The maximum atomic E-state index is 14.2. The molecule has 0 radical (unpaired) electrons. The number of alkyl carbamates (subject to hydrolysis) is 1. The van der Waals surface area contributed by atoms with Crippen molar-refractivity contribution in [2.75, 3.05) is 0 Å². The molecule has 1 aromatic rings. The predicted octanol–water partition coefficient (Wildman–Crippen LogP) is 1.93. The summed E-state index contributed by atoms with van der Waals surface area (Å²) in [5.74, 6) is -1.02. The van der Waals surface area contributed by atoms with E-state index in [1.807, 2.05) is 11.4 Å². The second kappa shape index (κ2) is 3.80. The Morgan fingerprint density at radius 1 is 1.39 bits per heavy atom. The number of hydrogen-bond acceptors (Lipinski definition) is 3. The van der Waals surface area contributed by atoms with Gasteiger partial charge in [0.25, 0.3) is 5.91 Å². The molecule has 0 saturated carbocycles. The number of imide groups is 1. The molecule has 94 valence electrons. The molecule has 1 fully saturated rings. The maximum Gasteiger partial charge on any atom is 0.415 e. The SMILES string of the molecule is Cc1cc2c(c(C3OC(=O)NC3=O)c1F)CCC2. The van der Waals surface area contributed by atoms with Crippen LogP contribution in [0, 0.1) is 12.7 Å². The van der Waals surface area contributed by atoms with Gasteiger partial charge in [-0.15, -0.1) is 0 Å². The van der Waals surface area contributed by atoms with Gasteiger partial charge in [-0.05, 0) is 42.9 Å². The number of carbonyl (C=O) groups excluding carboxylic acids is 2. The molecule has 3 rings (SSSR count). The molecule has 2 amide bonds. The summed E-state index contributed by atoms with van der Waals surface area (Å²) in [7, 11) is 0. The smallest absolute Gasteiger partial charge is 0.415 e. The zero-order chi connectivity index (χ0) is 12.9. The zero-order valence-electron chi connectivity index (χ0n) is 9.88. The molecule has 5 heteroatoms. The third-order valence-electron chi connectivity index (χ3n) is 3.51. The van der Waals surface area contributed by atoms with Crippen molar-refractivity contribution in [2.24, 2.45) is 0 Å². The highest BCUT2D eigenvalue weighted by molar-refractivity contribution is 6.00. The molecule has 18 heavy (non-hydrogen) atoms. The van der Waals surface area contributed by atoms with Gasteiger partial charge in [-0.25, -0.2) is 9.18 Å². The molecule has 4 nitrogen and oxygen atoms in total. The van der Waals surface area contributed by atoms with Gasteiger partial charge >= 0.3 is 6.09 Å². The average molecular weight is 249 g/mol. The van der Waals surface area contributed by atoms with Crippen LogP contribution in [0.2, 0.25) is 0 Å². The minimum Gasteiger partial charge on any atom is -0.431 e. The number of amides is 2. The number of hydrogen-bond donors (Lipinski definition) is 1. The zero-order valence-corrected chi connectivity index (χ0v) is 9.88. The van der Waals surface area contributed by atoms with E-state index in [2.05, 4.69) is 0 Å². The van der Waals surface area contributed by atoms with E-state index >= 15 is 0 Å². The highest BCUT2D eigenvalue weighted by atomic mass is 19.1. The van der Waals surface area contributed by atoms with Crippen LogP contribution in [0.4, 0.5) is 9.18 Å². The Hall–Kier alpha value is -1.91. The summed E-state index contributed by atoms with van der Waals surface area (Å²) in [6, 6.07) is 1.82. The van der Waals surface area contributed by atoms with Crippen LogP contribution in [-0.4, -0.2) is 12.0 Å². The van der Waals surface area contributed by atoms with Crippen molar-refractivity contribution in [3.63, 3.8) is 0 Å². The lowest BCUT2D eigenvalue weighted by Crippen LogP contribution is -2.21. The molecule has 1 atom stereocenters. The Morgan fingerprint density at radius 2 is 2.17 bits per heavy atom. The molecule has 1 unspecified atom stereocenters. The van der Waals surface area contributed by atoms with E-state index in [-0.39, 0.29) is 5.56 Å². The second-order valence-electron chi connectivity index (χ2n) is 4.69. The first-order valence-electron chi connectivity index (χ1n) is 5.90. The Morgan fingerprint density at radius 3 is 2.83 bits per heavy atom. The van der Waals surface area contributed by atoms with Crippen molar-refractivity contribution in [2.45, 2.75) is 32.3 Å². The third-order valence-corrected chi connectivity index (χ3v) is 3.51. The molecule has 1 aromatic carbocycles. The number of halogens is 1. The van der Waals surface area contributed by atoms with Crippen molar-refractivity contribution in [3.8, 4) is 0 Å². The lowest BCUT2D eigenvalue weighted by atomic mass is 9.95. The topological polar surface area (TPSA) is 55.4 Å². The van der Waals surface area contributed by atoms with E-state index in [9.17, 15) is 14.0 Å². The van der Waals surface area contributed by atoms with Crippen molar-refractivity contribution < 1.29 is 18.7 Å². The predicted molar refractivity (Wildman–Crippen MR) is 60.5 cm³/mol. The van der Waals surface area contributed by atoms with Crippen molar-refractivity contribution >= 4 is 12.0 Å². The molecule has 1 N–H and O–H groups in total. The second-order valence-corrected chi connectivity index (χ2v) is 4.69. The van der Waals surface area contributed by atoms with E-state index in [1.165, 1.54) is 0 Å². The van der Waals surface area contributed by atoms with Crippen LogP contribution in [0.3, 0.4) is 0 Å². The van der Waals surface area contributed by atoms with Crippen LogP contribution in [0.25, 0.3) is 0 Å². The summed E-state index contributed by atoms with van der Waals surface area (Å²) < 4.78 is 19.1. The molecule has 1 aliphatic carbocycles. The van der Waals surface area contributed by atoms with E-state index in [1.54, 1.807) is 6.92 Å². The fourth-order valence-electron chi connectivity index (χ4n) is 2.72. The quantitative estimate of drug-likeness (QED) is 0.827. The molecular weight excluding hydrogens is 237 g/mol. The number of carbonyl (C=O) groups is 2. The number of cyclic esters (lactones) is 1. The van der Waals surface area contributed by atoms with E-state index in [4.69, 9.17) is 4.74 Å². The average Bonchev–Trinajstić information content (AvgIpc) is 2.87.